The molecule has 28 heavy (non-hydrogen) atoms. The fraction of sp³-hybridized carbons (Fsp3) is 0. The van der Waals surface area contributed by atoms with Crippen molar-refractivity contribution in [2.45, 2.75) is 0 Å². The molecular formula is C19H10Cl4N2O3. The molecule has 0 saturated heterocycles. The molecule has 3 aromatic rings. The van der Waals surface area contributed by atoms with Crippen LogP contribution in [0.4, 0.5) is 17.1 Å². The van der Waals surface area contributed by atoms with Crippen molar-refractivity contribution in [1.82, 2.24) is 0 Å². The van der Waals surface area contributed by atoms with Gasteiger partial charge in [-0.15, -0.1) is 0 Å². The van der Waals surface area contributed by atoms with E-state index in [9.17, 15) is 14.9 Å². The Kier molecular flexibility index (Phi) is 6.10. The Balaban J connectivity index is 2.19. The van der Waals surface area contributed by atoms with Gasteiger partial charge in [0.15, 0.2) is 0 Å². The fourth-order valence-corrected chi connectivity index (χ4v) is 3.43. The van der Waals surface area contributed by atoms with E-state index < -0.39 is 10.8 Å². The molecule has 142 valence electrons. The zero-order valence-corrected chi connectivity index (χ0v) is 16.9. The second kappa shape index (κ2) is 8.37. The van der Waals surface area contributed by atoms with Crippen LogP contribution in [-0.2, 0) is 0 Å². The van der Waals surface area contributed by atoms with Crippen molar-refractivity contribution in [3.8, 4) is 0 Å². The third-order valence-electron chi connectivity index (χ3n) is 3.82. The van der Waals surface area contributed by atoms with Crippen LogP contribution in [0.1, 0.15) is 10.4 Å². The predicted molar refractivity (Wildman–Crippen MR) is 112 cm³/mol. The van der Waals surface area contributed by atoms with Gasteiger partial charge in [0, 0.05) is 33.4 Å². The lowest BCUT2D eigenvalue weighted by Crippen LogP contribution is -2.26. The van der Waals surface area contributed by atoms with Crippen LogP contribution in [0.3, 0.4) is 0 Å². The summed E-state index contributed by atoms with van der Waals surface area (Å²) in [5.74, 6) is -0.448. The van der Waals surface area contributed by atoms with Gasteiger partial charge in [0.2, 0.25) is 0 Å². The maximum absolute atomic E-state index is 13.3. The zero-order valence-electron chi connectivity index (χ0n) is 13.9. The molecule has 0 aliphatic rings. The lowest BCUT2D eigenvalue weighted by atomic mass is 10.1. The van der Waals surface area contributed by atoms with Gasteiger partial charge < -0.3 is 0 Å². The van der Waals surface area contributed by atoms with Crippen molar-refractivity contribution in [3.63, 3.8) is 0 Å². The summed E-state index contributed by atoms with van der Waals surface area (Å²) in [7, 11) is 0. The number of nitro groups is 1. The first-order valence-electron chi connectivity index (χ1n) is 7.77. The molecule has 5 nitrogen and oxygen atoms in total. The number of non-ortho nitro benzene ring substituents is 1. The predicted octanol–water partition coefficient (Wildman–Crippen LogP) is 7.19. The van der Waals surface area contributed by atoms with Gasteiger partial charge in [-0.05, 0) is 48.5 Å². The molecule has 0 radical (unpaired) electrons. The summed E-state index contributed by atoms with van der Waals surface area (Å²) in [6.07, 6.45) is 0. The number of halogens is 4. The number of hydrogen-bond acceptors (Lipinski definition) is 3. The molecule has 0 fully saturated rings. The molecule has 0 aliphatic carbocycles. The molecule has 0 heterocycles. The van der Waals surface area contributed by atoms with E-state index in [1.165, 1.54) is 4.90 Å². The van der Waals surface area contributed by atoms with Crippen LogP contribution in [0.25, 0.3) is 0 Å². The highest BCUT2D eigenvalue weighted by Crippen LogP contribution is 2.41. The number of nitrogens with zero attached hydrogens (tertiary/aromatic N) is 2. The van der Waals surface area contributed by atoms with Crippen LogP contribution >= 0.6 is 46.4 Å². The summed E-state index contributed by atoms with van der Waals surface area (Å²) >= 11 is 24.4. The summed E-state index contributed by atoms with van der Waals surface area (Å²) in [6, 6.07) is 15.0. The van der Waals surface area contributed by atoms with E-state index in [0.717, 1.165) is 12.1 Å². The highest BCUT2D eigenvalue weighted by atomic mass is 35.5. The van der Waals surface area contributed by atoms with E-state index in [-0.39, 0.29) is 21.4 Å². The van der Waals surface area contributed by atoms with Crippen molar-refractivity contribution in [1.29, 1.82) is 0 Å². The Morgan fingerprint density at radius 2 is 1.29 bits per heavy atom. The van der Waals surface area contributed by atoms with Gasteiger partial charge in [0.1, 0.15) is 0 Å². The number of rotatable bonds is 4. The Hall–Kier alpha value is -2.31. The summed E-state index contributed by atoms with van der Waals surface area (Å²) in [4.78, 5) is 25.0. The van der Waals surface area contributed by atoms with E-state index in [1.54, 1.807) is 48.5 Å². The SMILES string of the molecule is O=C(c1ccc(Cl)cc1)N(c1ccc(Cl)cc1)c1c(Cl)cc([N+](=O)[O-])cc1Cl. The third-order valence-corrected chi connectivity index (χ3v) is 4.90. The second-order valence-electron chi connectivity index (χ2n) is 5.64. The summed E-state index contributed by atoms with van der Waals surface area (Å²) in [6.45, 7) is 0. The van der Waals surface area contributed by atoms with E-state index in [0.29, 0.717) is 21.3 Å². The maximum atomic E-state index is 13.3. The van der Waals surface area contributed by atoms with Crippen LogP contribution in [-0.4, -0.2) is 10.8 Å². The minimum absolute atomic E-state index is 0.0449. The number of anilines is 2. The monoisotopic (exact) mass is 454 g/mol. The van der Waals surface area contributed by atoms with E-state index >= 15 is 0 Å². The Labute approximate surface area is 180 Å². The molecule has 3 rings (SSSR count). The minimum Gasteiger partial charge on any atom is -0.274 e. The van der Waals surface area contributed by atoms with Crippen molar-refractivity contribution >= 4 is 69.4 Å². The van der Waals surface area contributed by atoms with Crippen LogP contribution in [0.2, 0.25) is 20.1 Å². The second-order valence-corrected chi connectivity index (χ2v) is 7.33. The molecule has 0 aliphatic heterocycles. The Morgan fingerprint density at radius 3 is 1.75 bits per heavy atom. The van der Waals surface area contributed by atoms with Gasteiger partial charge in [-0.2, -0.15) is 0 Å². The molecular weight excluding hydrogens is 446 g/mol. The number of amides is 1. The van der Waals surface area contributed by atoms with E-state index in [1.807, 2.05) is 0 Å². The molecule has 0 aromatic heterocycles. The summed E-state index contributed by atoms with van der Waals surface area (Å²) in [5.41, 5.74) is 0.594. The largest absolute Gasteiger partial charge is 0.274 e. The average Bonchev–Trinajstić information content (AvgIpc) is 2.65. The van der Waals surface area contributed by atoms with E-state index in [2.05, 4.69) is 0 Å². The van der Waals surface area contributed by atoms with Crippen molar-refractivity contribution in [2.24, 2.45) is 0 Å². The van der Waals surface area contributed by atoms with E-state index in [4.69, 9.17) is 46.4 Å². The van der Waals surface area contributed by atoms with Crippen molar-refractivity contribution < 1.29 is 9.72 Å². The molecule has 0 unspecified atom stereocenters. The number of carbonyl (C=O) groups excluding carboxylic acids is 1. The number of carbonyl (C=O) groups is 1. The standard InChI is InChI=1S/C19H10Cl4N2O3/c20-12-3-1-11(2-4-12)19(26)24(14-7-5-13(21)6-8-14)18-16(22)9-15(25(27)28)10-17(18)23/h1-10H. The molecule has 0 saturated carbocycles. The van der Waals surface area contributed by atoms with Gasteiger partial charge in [0.25, 0.3) is 11.6 Å². The number of hydrogen-bond donors (Lipinski definition) is 0. The molecule has 0 atom stereocenters. The van der Waals surface area contributed by atoms with Gasteiger partial charge >= 0.3 is 0 Å². The Bertz CT molecular complexity index is 1030. The lowest BCUT2D eigenvalue weighted by molar-refractivity contribution is -0.384. The first kappa shape index (κ1) is 20.4. The Morgan fingerprint density at radius 1 is 0.821 bits per heavy atom. The highest BCUT2D eigenvalue weighted by molar-refractivity contribution is 6.41. The molecule has 9 heteroatoms. The topological polar surface area (TPSA) is 63.5 Å². The third kappa shape index (κ3) is 4.23. The highest BCUT2D eigenvalue weighted by Gasteiger charge is 2.26. The zero-order chi connectivity index (χ0) is 20.4. The fourth-order valence-electron chi connectivity index (χ4n) is 2.53. The number of benzene rings is 3. The summed E-state index contributed by atoms with van der Waals surface area (Å²) in [5, 5.41) is 11.9. The number of nitro benzene ring substituents is 1. The minimum atomic E-state index is -0.616. The molecule has 3 aromatic carbocycles. The van der Waals surface area contributed by atoms with Gasteiger partial charge in [-0.1, -0.05) is 46.4 Å². The van der Waals surface area contributed by atoms with Crippen LogP contribution in [0.5, 0.6) is 0 Å². The van der Waals surface area contributed by atoms with Crippen LogP contribution in [0, 0.1) is 10.1 Å². The normalized spacial score (nSPS) is 10.6. The van der Waals surface area contributed by atoms with Gasteiger partial charge in [0.05, 0.1) is 20.7 Å². The molecule has 0 bridgehead atoms. The molecule has 0 spiro atoms. The van der Waals surface area contributed by atoms with Crippen molar-refractivity contribution in [3.05, 3.63) is 96.4 Å². The van der Waals surface area contributed by atoms with Gasteiger partial charge in [-0.25, -0.2) is 0 Å². The smallest absolute Gasteiger partial charge is 0.272 e. The molecule has 1 amide bonds. The molecule has 0 N–H and O–H groups in total. The van der Waals surface area contributed by atoms with Crippen molar-refractivity contribution in [2.75, 3.05) is 4.90 Å². The summed E-state index contributed by atoms with van der Waals surface area (Å²) < 4.78 is 0. The maximum Gasteiger partial charge on any atom is 0.272 e. The first-order chi connectivity index (χ1) is 13.3. The quantitative estimate of drug-likeness (QED) is 0.309. The first-order valence-corrected chi connectivity index (χ1v) is 9.28. The average molecular weight is 456 g/mol. The van der Waals surface area contributed by atoms with Crippen LogP contribution in [0.15, 0.2) is 60.7 Å². The lowest BCUT2D eigenvalue weighted by Gasteiger charge is -2.25. The van der Waals surface area contributed by atoms with Gasteiger partial charge in [-0.3, -0.25) is 19.8 Å². The van der Waals surface area contributed by atoms with Crippen LogP contribution < -0.4 is 4.90 Å².